The molecule has 0 unspecified atom stereocenters. The summed E-state index contributed by atoms with van der Waals surface area (Å²) < 4.78 is 6.87. The van der Waals surface area contributed by atoms with Crippen LogP contribution in [0.4, 0.5) is 0 Å². The van der Waals surface area contributed by atoms with Crippen molar-refractivity contribution in [2.24, 2.45) is 5.92 Å². The number of tetrazole rings is 1. The van der Waals surface area contributed by atoms with E-state index in [0.717, 1.165) is 19.4 Å². The Labute approximate surface area is 141 Å². The first-order chi connectivity index (χ1) is 11.6. The maximum atomic E-state index is 13.1. The number of amides is 1. The Hall–Kier alpha value is -2.44. The number of nitrogens with zero attached hydrogens (tertiary/aromatic N) is 5. The molecule has 2 heterocycles. The molecule has 7 nitrogen and oxygen atoms in total. The number of carbonyl (C=O) groups excluding carboxylic acids is 1. The van der Waals surface area contributed by atoms with Crippen molar-refractivity contribution in [3.63, 3.8) is 0 Å². The van der Waals surface area contributed by atoms with Gasteiger partial charge in [-0.15, -0.1) is 5.10 Å². The lowest BCUT2D eigenvalue weighted by Crippen LogP contribution is -2.46. The fraction of sp³-hybridized carbons (Fsp3) is 0.529. The number of benzene rings is 1. The summed E-state index contributed by atoms with van der Waals surface area (Å²) >= 11 is 0. The van der Waals surface area contributed by atoms with Gasteiger partial charge in [0.1, 0.15) is 17.8 Å². The summed E-state index contributed by atoms with van der Waals surface area (Å²) in [6.07, 6.45) is 4.80. The monoisotopic (exact) mass is 329 g/mol. The predicted molar refractivity (Wildman–Crippen MR) is 89.2 cm³/mol. The van der Waals surface area contributed by atoms with Crippen LogP contribution in [0.15, 0.2) is 24.5 Å². The van der Waals surface area contributed by atoms with Crippen LogP contribution >= 0.6 is 0 Å². The lowest BCUT2D eigenvalue weighted by molar-refractivity contribution is 0.0543. The number of piperidine rings is 1. The van der Waals surface area contributed by atoms with Crippen molar-refractivity contribution in [2.75, 3.05) is 13.7 Å². The zero-order chi connectivity index (χ0) is 17.1. The molecule has 7 heteroatoms. The number of hydrogen-bond donors (Lipinski definition) is 0. The van der Waals surface area contributed by atoms with Gasteiger partial charge in [-0.25, -0.2) is 0 Å². The third-order valence-corrected chi connectivity index (χ3v) is 4.60. The Morgan fingerprint density at radius 2 is 2.17 bits per heavy atom. The molecular formula is C17H23N5O2. The maximum Gasteiger partial charge on any atom is 0.254 e. The summed E-state index contributed by atoms with van der Waals surface area (Å²) in [5, 5.41) is 11.2. The quantitative estimate of drug-likeness (QED) is 0.861. The van der Waals surface area contributed by atoms with E-state index in [2.05, 4.69) is 29.4 Å². The number of likely N-dealkylation sites (tertiary alicyclic amines) is 1. The molecule has 1 saturated heterocycles. The lowest BCUT2D eigenvalue weighted by atomic mass is 9.92. The van der Waals surface area contributed by atoms with Gasteiger partial charge in [0.2, 0.25) is 0 Å². The third-order valence-electron chi connectivity index (χ3n) is 4.60. The first-order valence-corrected chi connectivity index (χ1v) is 8.34. The Bertz CT molecular complexity index is 699. The highest BCUT2D eigenvalue weighted by molar-refractivity contribution is 5.95. The van der Waals surface area contributed by atoms with E-state index in [1.165, 1.54) is 17.4 Å². The smallest absolute Gasteiger partial charge is 0.254 e. The topological polar surface area (TPSA) is 73.1 Å². The summed E-state index contributed by atoms with van der Waals surface area (Å²) in [7, 11) is 1.59. The van der Waals surface area contributed by atoms with E-state index in [-0.39, 0.29) is 5.91 Å². The first kappa shape index (κ1) is 16.4. The molecule has 1 aliphatic rings. The molecular weight excluding hydrogens is 306 g/mol. The summed E-state index contributed by atoms with van der Waals surface area (Å²) in [4.78, 5) is 15.1. The molecule has 1 atom stereocenters. The number of carbonyl (C=O) groups is 1. The molecule has 1 aliphatic heterocycles. The van der Waals surface area contributed by atoms with Gasteiger partial charge in [-0.05, 0) is 53.8 Å². The van der Waals surface area contributed by atoms with Crippen molar-refractivity contribution >= 4 is 5.91 Å². The number of rotatable bonds is 4. The van der Waals surface area contributed by atoms with Gasteiger partial charge < -0.3 is 9.64 Å². The number of ether oxygens (including phenoxy) is 1. The molecule has 0 N–H and O–H groups in total. The Morgan fingerprint density at radius 1 is 1.33 bits per heavy atom. The largest absolute Gasteiger partial charge is 0.494 e. The molecule has 0 radical (unpaired) electrons. The van der Waals surface area contributed by atoms with Crippen molar-refractivity contribution in [1.29, 1.82) is 0 Å². The molecule has 128 valence electrons. The van der Waals surface area contributed by atoms with Crippen molar-refractivity contribution in [3.05, 3.63) is 30.1 Å². The van der Waals surface area contributed by atoms with Crippen molar-refractivity contribution in [1.82, 2.24) is 25.1 Å². The Balaban J connectivity index is 1.94. The van der Waals surface area contributed by atoms with Gasteiger partial charge in [-0.3, -0.25) is 4.79 Å². The molecule has 0 bridgehead atoms. The van der Waals surface area contributed by atoms with E-state index >= 15 is 0 Å². The zero-order valence-corrected chi connectivity index (χ0v) is 14.3. The van der Waals surface area contributed by atoms with Crippen LogP contribution in [-0.4, -0.2) is 50.7 Å². The summed E-state index contributed by atoms with van der Waals surface area (Å²) in [5.41, 5.74) is 1.29. The molecule has 0 aliphatic carbocycles. The van der Waals surface area contributed by atoms with Crippen LogP contribution in [0.3, 0.4) is 0 Å². The van der Waals surface area contributed by atoms with Crippen LogP contribution in [0.1, 0.15) is 43.5 Å². The minimum atomic E-state index is 0.0605. The van der Waals surface area contributed by atoms with Crippen LogP contribution in [0.2, 0.25) is 0 Å². The highest BCUT2D eigenvalue weighted by atomic mass is 16.5. The molecule has 0 spiro atoms. The minimum Gasteiger partial charge on any atom is -0.494 e. The summed E-state index contributed by atoms with van der Waals surface area (Å²) in [6.45, 7) is 5.17. The van der Waals surface area contributed by atoms with Gasteiger partial charge in [0.25, 0.3) is 5.91 Å². The van der Waals surface area contributed by atoms with E-state index in [1.54, 1.807) is 25.3 Å². The summed E-state index contributed by atoms with van der Waals surface area (Å²) in [5.74, 6) is 1.13. The van der Waals surface area contributed by atoms with E-state index in [4.69, 9.17) is 4.74 Å². The second-order valence-electron chi connectivity index (χ2n) is 6.45. The fourth-order valence-corrected chi connectivity index (χ4v) is 3.34. The van der Waals surface area contributed by atoms with Gasteiger partial charge in [0, 0.05) is 18.2 Å². The van der Waals surface area contributed by atoms with Crippen LogP contribution < -0.4 is 4.74 Å². The first-order valence-electron chi connectivity index (χ1n) is 8.34. The molecule has 3 rings (SSSR count). The van der Waals surface area contributed by atoms with Crippen molar-refractivity contribution in [2.45, 2.75) is 39.2 Å². The third kappa shape index (κ3) is 3.11. The van der Waals surface area contributed by atoms with Crippen LogP contribution in [0.5, 0.6) is 5.75 Å². The lowest BCUT2D eigenvalue weighted by Gasteiger charge is -2.38. The van der Waals surface area contributed by atoms with Crippen LogP contribution in [0.25, 0.3) is 5.69 Å². The Morgan fingerprint density at radius 3 is 2.83 bits per heavy atom. The average Bonchev–Trinajstić information content (AvgIpc) is 3.15. The second kappa shape index (κ2) is 6.98. The van der Waals surface area contributed by atoms with Gasteiger partial charge in [-0.1, -0.05) is 13.8 Å². The molecule has 1 amide bonds. The van der Waals surface area contributed by atoms with Crippen LogP contribution in [0, 0.1) is 5.92 Å². The van der Waals surface area contributed by atoms with Gasteiger partial charge in [-0.2, -0.15) is 4.68 Å². The summed E-state index contributed by atoms with van der Waals surface area (Å²) in [6, 6.07) is 5.69. The van der Waals surface area contributed by atoms with Crippen LogP contribution in [-0.2, 0) is 0 Å². The van der Waals surface area contributed by atoms with Gasteiger partial charge in [0.15, 0.2) is 0 Å². The number of methoxy groups -OCH3 is 1. The zero-order valence-electron chi connectivity index (χ0n) is 14.3. The molecule has 2 aromatic rings. The highest BCUT2D eigenvalue weighted by Gasteiger charge is 2.29. The number of aromatic nitrogens is 4. The molecule has 1 aromatic carbocycles. The van der Waals surface area contributed by atoms with Gasteiger partial charge >= 0.3 is 0 Å². The molecule has 0 saturated carbocycles. The highest BCUT2D eigenvalue weighted by Crippen LogP contribution is 2.28. The standard InChI is InChI=1S/C17H23N5O2/c1-12(2)14-6-4-5-9-21(14)17(23)13-7-8-16(24-3)15(10-13)22-11-18-19-20-22/h7-8,10-12,14H,4-6,9H2,1-3H3/t14-/m0/s1. The fourth-order valence-electron chi connectivity index (χ4n) is 3.34. The maximum absolute atomic E-state index is 13.1. The molecule has 1 aromatic heterocycles. The van der Waals surface area contributed by atoms with Gasteiger partial charge in [0.05, 0.1) is 7.11 Å². The van der Waals surface area contributed by atoms with E-state index < -0.39 is 0 Å². The normalized spacial score (nSPS) is 18.0. The van der Waals surface area contributed by atoms with E-state index in [0.29, 0.717) is 29.0 Å². The molecule has 24 heavy (non-hydrogen) atoms. The molecule has 1 fully saturated rings. The SMILES string of the molecule is COc1ccc(C(=O)N2CCCC[C@H]2C(C)C)cc1-n1cnnn1. The Kier molecular flexibility index (Phi) is 4.78. The van der Waals surface area contributed by atoms with Crippen molar-refractivity contribution < 1.29 is 9.53 Å². The number of hydrogen-bond acceptors (Lipinski definition) is 5. The van der Waals surface area contributed by atoms with E-state index in [1.807, 2.05) is 4.90 Å². The van der Waals surface area contributed by atoms with Crippen molar-refractivity contribution in [3.8, 4) is 11.4 Å². The predicted octanol–water partition coefficient (Wildman–Crippen LogP) is 2.32. The minimum absolute atomic E-state index is 0.0605. The average molecular weight is 329 g/mol. The van der Waals surface area contributed by atoms with E-state index in [9.17, 15) is 4.79 Å². The second-order valence-corrected chi connectivity index (χ2v) is 6.45.